The lowest BCUT2D eigenvalue weighted by Crippen LogP contribution is -2.43. The van der Waals surface area contributed by atoms with Crippen LogP contribution in [0.4, 0.5) is 0 Å². The molecular formula is C23H38O5. The molecule has 2 aliphatic rings. The Labute approximate surface area is 170 Å². The third-order valence-corrected chi connectivity index (χ3v) is 6.67. The number of fused-ring (bicyclic) bond motifs is 1. The summed E-state index contributed by atoms with van der Waals surface area (Å²) in [7, 11) is 3.32. The zero-order valence-electron chi connectivity index (χ0n) is 18.3. The average Bonchev–Trinajstić information content (AvgIpc) is 2.69. The molecule has 0 saturated heterocycles. The minimum absolute atomic E-state index is 0.0261. The Morgan fingerprint density at radius 2 is 2.00 bits per heavy atom. The van der Waals surface area contributed by atoms with E-state index >= 15 is 0 Å². The molecule has 0 bridgehead atoms. The molecule has 5 heteroatoms. The molecule has 0 radical (unpaired) electrons. The number of esters is 1. The number of carbonyl (C=O) groups is 1. The van der Waals surface area contributed by atoms with Crippen LogP contribution in [0.2, 0.25) is 0 Å². The monoisotopic (exact) mass is 394 g/mol. The lowest BCUT2D eigenvalue weighted by Gasteiger charge is -2.44. The molecule has 0 aliphatic heterocycles. The van der Waals surface area contributed by atoms with Crippen LogP contribution in [0.3, 0.4) is 0 Å². The van der Waals surface area contributed by atoms with Gasteiger partial charge in [-0.05, 0) is 56.9 Å². The van der Waals surface area contributed by atoms with Crippen LogP contribution in [0.5, 0.6) is 0 Å². The zero-order chi connectivity index (χ0) is 20.9. The highest BCUT2D eigenvalue weighted by atomic mass is 16.7. The number of hydrogen-bond acceptors (Lipinski definition) is 5. The average molecular weight is 395 g/mol. The van der Waals surface area contributed by atoms with E-state index in [0.717, 1.165) is 19.3 Å². The van der Waals surface area contributed by atoms with Crippen molar-refractivity contribution < 1.29 is 24.1 Å². The number of allylic oxidation sites excluding steroid dienone is 2. The third kappa shape index (κ3) is 5.25. The van der Waals surface area contributed by atoms with Crippen LogP contribution >= 0.6 is 0 Å². The van der Waals surface area contributed by atoms with Crippen molar-refractivity contribution in [3.8, 4) is 0 Å². The number of aliphatic hydroxyl groups excluding tert-OH is 1. The maximum atomic E-state index is 12.8. The zero-order valence-corrected chi connectivity index (χ0v) is 18.3. The fourth-order valence-electron chi connectivity index (χ4n) is 4.33. The maximum Gasteiger partial charge on any atom is 0.311 e. The number of methoxy groups -OCH3 is 2. The Morgan fingerprint density at radius 1 is 1.32 bits per heavy atom. The van der Waals surface area contributed by atoms with Crippen LogP contribution in [-0.4, -0.2) is 44.3 Å². The van der Waals surface area contributed by atoms with E-state index in [2.05, 4.69) is 25.2 Å². The predicted octanol–water partition coefficient (Wildman–Crippen LogP) is 4.11. The Balaban J connectivity index is 2.27. The topological polar surface area (TPSA) is 65.0 Å². The van der Waals surface area contributed by atoms with Crippen molar-refractivity contribution in [3.63, 3.8) is 0 Å². The summed E-state index contributed by atoms with van der Waals surface area (Å²) >= 11 is 0. The second kappa shape index (κ2) is 10.0. The van der Waals surface area contributed by atoms with Gasteiger partial charge in [0, 0.05) is 32.7 Å². The van der Waals surface area contributed by atoms with Gasteiger partial charge < -0.3 is 19.3 Å². The molecule has 28 heavy (non-hydrogen) atoms. The molecule has 2 aliphatic carbocycles. The smallest absolute Gasteiger partial charge is 0.311 e. The Morgan fingerprint density at radius 3 is 2.57 bits per heavy atom. The minimum atomic E-state index is -0.501. The lowest BCUT2D eigenvalue weighted by molar-refractivity contribution is -0.165. The van der Waals surface area contributed by atoms with Gasteiger partial charge in [-0.2, -0.15) is 0 Å². The van der Waals surface area contributed by atoms with Crippen LogP contribution in [-0.2, 0) is 19.0 Å². The molecule has 0 saturated carbocycles. The van der Waals surface area contributed by atoms with Gasteiger partial charge in [0.05, 0.1) is 5.41 Å². The lowest BCUT2D eigenvalue weighted by atomic mass is 9.65. The number of aliphatic hydroxyl groups is 1. The third-order valence-electron chi connectivity index (χ3n) is 6.67. The van der Waals surface area contributed by atoms with Gasteiger partial charge in [0.25, 0.3) is 0 Å². The van der Waals surface area contributed by atoms with E-state index < -0.39 is 5.41 Å². The fourth-order valence-corrected chi connectivity index (χ4v) is 4.33. The summed E-state index contributed by atoms with van der Waals surface area (Å²) in [6, 6.07) is 0. The normalized spacial score (nSPS) is 30.1. The van der Waals surface area contributed by atoms with Gasteiger partial charge in [-0.25, -0.2) is 0 Å². The molecule has 0 spiro atoms. The SMILES string of the molecule is CCC(C)(C)C(=O)O[C@H]1C[C@H](CO)C=C2C=C[C@H](C)[C@H](CCC(OC)OC)[C@@H]21. The summed E-state index contributed by atoms with van der Waals surface area (Å²) < 4.78 is 16.8. The van der Waals surface area contributed by atoms with Crippen molar-refractivity contribution in [3.05, 3.63) is 23.8 Å². The van der Waals surface area contributed by atoms with Gasteiger partial charge in [0.2, 0.25) is 0 Å². The highest BCUT2D eigenvalue weighted by molar-refractivity contribution is 5.76. The molecule has 160 valence electrons. The van der Waals surface area contributed by atoms with Gasteiger partial charge in [0.15, 0.2) is 6.29 Å². The summed E-state index contributed by atoms with van der Waals surface area (Å²) in [5, 5.41) is 9.75. The Bertz CT molecular complexity index is 576. The molecule has 0 fully saturated rings. The highest BCUT2D eigenvalue weighted by Gasteiger charge is 2.43. The van der Waals surface area contributed by atoms with Crippen LogP contribution in [0, 0.1) is 29.1 Å². The molecule has 0 aromatic heterocycles. The van der Waals surface area contributed by atoms with Crippen LogP contribution in [0.25, 0.3) is 0 Å². The standard InChI is InChI=1S/C23H38O5/c1-7-23(3,4)22(25)28-19-13-16(14-24)12-17-9-8-15(2)18(21(17)19)10-11-20(26-5)27-6/h8-9,12,15-16,18-21,24H,7,10-11,13-14H2,1-6H3/t15-,16+,18-,19-,21+/m0/s1. The molecule has 0 aromatic rings. The summed E-state index contributed by atoms with van der Waals surface area (Å²) in [5.41, 5.74) is 0.686. The molecule has 0 heterocycles. The van der Waals surface area contributed by atoms with Crippen LogP contribution < -0.4 is 0 Å². The molecule has 0 unspecified atom stereocenters. The molecule has 5 atom stereocenters. The van der Waals surface area contributed by atoms with E-state index in [-0.39, 0.29) is 36.8 Å². The van der Waals surface area contributed by atoms with E-state index in [9.17, 15) is 9.90 Å². The van der Waals surface area contributed by atoms with Crippen molar-refractivity contribution in [2.24, 2.45) is 29.1 Å². The van der Waals surface area contributed by atoms with Crippen molar-refractivity contribution in [1.82, 2.24) is 0 Å². The van der Waals surface area contributed by atoms with Crippen molar-refractivity contribution in [2.75, 3.05) is 20.8 Å². The summed E-state index contributed by atoms with van der Waals surface area (Å²) in [5.74, 6) is 0.742. The van der Waals surface area contributed by atoms with Gasteiger partial charge in [0.1, 0.15) is 6.10 Å². The second-order valence-corrected chi connectivity index (χ2v) is 8.91. The highest BCUT2D eigenvalue weighted by Crippen LogP contribution is 2.45. The Hall–Kier alpha value is -1.17. The van der Waals surface area contributed by atoms with Crippen molar-refractivity contribution >= 4 is 5.97 Å². The summed E-state index contributed by atoms with van der Waals surface area (Å²) in [6.45, 7) is 8.17. The second-order valence-electron chi connectivity index (χ2n) is 8.91. The number of carbonyl (C=O) groups excluding carboxylic acids is 1. The molecular weight excluding hydrogens is 356 g/mol. The summed E-state index contributed by atoms with van der Waals surface area (Å²) in [4.78, 5) is 12.8. The van der Waals surface area contributed by atoms with Gasteiger partial charge in [-0.15, -0.1) is 0 Å². The van der Waals surface area contributed by atoms with E-state index in [1.54, 1.807) is 14.2 Å². The first-order chi connectivity index (χ1) is 13.3. The molecule has 0 amide bonds. The predicted molar refractivity (Wildman–Crippen MR) is 110 cm³/mol. The molecule has 5 nitrogen and oxygen atoms in total. The quantitative estimate of drug-likeness (QED) is 0.471. The van der Waals surface area contributed by atoms with Crippen LogP contribution in [0.15, 0.2) is 23.8 Å². The largest absolute Gasteiger partial charge is 0.461 e. The van der Waals surface area contributed by atoms with E-state index in [4.69, 9.17) is 14.2 Å². The van der Waals surface area contributed by atoms with Crippen molar-refractivity contribution in [2.45, 2.75) is 65.8 Å². The Kier molecular flexibility index (Phi) is 8.29. The molecule has 2 rings (SSSR count). The first-order valence-corrected chi connectivity index (χ1v) is 10.5. The van der Waals surface area contributed by atoms with E-state index in [0.29, 0.717) is 18.3 Å². The molecule has 0 aromatic carbocycles. The maximum absolute atomic E-state index is 12.8. The minimum Gasteiger partial charge on any atom is -0.461 e. The summed E-state index contributed by atoms with van der Waals surface area (Å²) in [6.07, 6.45) is 9.25. The number of rotatable bonds is 9. The number of hydrogen-bond donors (Lipinski definition) is 1. The van der Waals surface area contributed by atoms with Gasteiger partial charge in [-0.1, -0.05) is 32.1 Å². The first-order valence-electron chi connectivity index (χ1n) is 10.5. The fraction of sp³-hybridized carbons (Fsp3) is 0.783. The van der Waals surface area contributed by atoms with Gasteiger partial charge >= 0.3 is 5.97 Å². The van der Waals surface area contributed by atoms with Gasteiger partial charge in [-0.3, -0.25) is 4.79 Å². The van der Waals surface area contributed by atoms with Crippen molar-refractivity contribution in [1.29, 1.82) is 0 Å². The van der Waals surface area contributed by atoms with Crippen LogP contribution in [0.1, 0.15) is 53.4 Å². The first kappa shape index (κ1) is 23.1. The van der Waals surface area contributed by atoms with E-state index in [1.165, 1.54) is 5.57 Å². The number of ether oxygens (including phenoxy) is 3. The van der Waals surface area contributed by atoms with E-state index in [1.807, 2.05) is 20.8 Å². The molecule has 1 N–H and O–H groups in total.